The number of aliphatic hydroxyl groups is 2. The molecule has 0 saturated carbocycles. The summed E-state index contributed by atoms with van der Waals surface area (Å²) < 4.78 is 0. The largest absolute Gasteiger partial charge is 0.480 e. The number of hydrogen-bond acceptors (Lipinski definition) is 12. The molecule has 6 amide bonds. The van der Waals surface area contributed by atoms with Crippen molar-refractivity contribution in [2.75, 3.05) is 31.8 Å². The molecule has 2 aromatic carbocycles. The molecule has 57 heavy (non-hydrogen) atoms. The van der Waals surface area contributed by atoms with Crippen molar-refractivity contribution in [1.29, 1.82) is 0 Å². The number of carboxylic acid groups (broad SMARTS) is 1. The van der Waals surface area contributed by atoms with Gasteiger partial charge in [-0.15, -0.1) is 0 Å². The van der Waals surface area contributed by atoms with Crippen LogP contribution in [0.2, 0.25) is 0 Å². The summed E-state index contributed by atoms with van der Waals surface area (Å²) in [5.41, 5.74) is 7.84. The van der Waals surface area contributed by atoms with Crippen molar-refractivity contribution in [3.63, 3.8) is 0 Å². The molecule has 308 valence electrons. The third-order valence-corrected chi connectivity index (χ3v) is 9.10. The second kappa shape index (κ2) is 23.9. The third kappa shape index (κ3) is 15.7. The summed E-state index contributed by atoms with van der Waals surface area (Å²) in [5, 5.41) is 44.0. The Morgan fingerprint density at radius 2 is 1.21 bits per heavy atom. The summed E-state index contributed by atoms with van der Waals surface area (Å²) in [7, 11) is 0. The van der Waals surface area contributed by atoms with E-state index >= 15 is 0 Å². The van der Waals surface area contributed by atoms with Gasteiger partial charge in [-0.3, -0.25) is 28.8 Å². The minimum Gasteiger partial charge on any atom is -0.480 e. The van der Waals surface area contributed by atoms with Gasteiger partial charge in [0.25, 0.3) is 0 Å². The van der Waals surface area contributed by atoms with Gasteiger partial charge in [0.15, 0.2) is 0 Å². The predicted octanol–water partition coefficient (Wildman–Crippen LogP) is -2.87. The number of benzene rings is 2. The summed E-state index contributed by atoms with van der Waals surface area (Å²) >= 11 is 1.40. The third-order valence-electron chi connectivity index (χ3n) is 8.46. The first-order valence-corrected chi connectivity index (χ1v) is 19.3. The molecule has 0 aliphatic heterocycles. The van der Waals surface area contributed by atoms with E-state index in [-0.39, 0.29) is 25.7 Å². The van der Waals surface area contributed by atoms with Gasteiger partial charge in [-0.2, -0.15) is 11.8 Å². The molecule has 1 heterocycles. The van der Waals surface area contributed by atoms with E-state index in [0.29, 0.717) is 17.0 Å². The molecule has 6 atom stereocenters. The highest BCUT2D eigenvalue weighted by Crippen LogP contribution is 2.07. The highest BCUT2D eigenvalue weighted by Gasteiger charge is 2.31. The lowest BCUT2D eigenvalue weighted by Gasteiger charge is -2.24. The number of hydrogen-bond donors (Lipinski definition) is 11. The molecule has 0 aliphatic carbocycles. The van der Waals surface area contributed by atoms with Crippen LogP contribution in [0.3, 0.4) is 0 Å². The minimum atomic E-state index is -1.63. The Kier molecular flexibility index (Phi) is 19.1. The SMILES string of the molecule is CSCC[C@H](NC(=O)CNC(=O)[C@H](Cc1ccccc1)NC(=O)[C@H](CO)NC(=O)[C@H](CO)NC(=O)[C@@H](N)Cc1ccccc1)C(=O)N[C@@H](Cc1cnc[nH]1)C(=O)O. The van der Waals surface area contributed by atoms with Gasteiger partial charge in [0, 0.05) is 24.7 Å². The van der Waals surface area contributed by atoms with E-state index in [1.165, 1.54) is 24.3 Å². The summed E-state index contributed by atoms with van der Waals surface area (Å²) in [6.45, 7) is -2.42. The second-order valence-electron chi connectivity index (χ2n) is 12.8. The molecule has 3 aromatic rings. The van der Waals surface area contributed by atoms with E-state index in [9.17, 15) is 48.9 Å². The van der Waals surface area contributed by atoms with Crippen LogP contribution in [0.15, 0.2) is 73.2 Å². The molecular formula is C37H49N9O10S. The molecule has 0 radical (unpaired) electrons. The quantitative estimate of drug-likeness (QED) is 0.0434. The zero-order valence-corrected chi connectivity index (χ0v) is 32.0. The minimum absolute atomic E-state index is 0.0770. The van der Waals surface area contributed by atoms with E-state index in [1.807, 2.05) is 0 Å². The van der Waals surface area contributed by atoms with Crippen LogP contribution >= 0.6 is 11.8 Å². The van der Waals surface area contributed by atoms with Crippen LogP contribution in [0.4, 0.5) is 0 Å². The number of nitrogens with zero attached hydrogens (tertiary/aromatic N) is 1. The summed E-state index contributed by atoms with van der Waals surface area (Å²) in [5.74, 6) is -5.97. The van der Waals surface area contributed by atoms with Crippen LogP contribution < -0.4 is 37.6 Å². The van der Waals surface area contributed by atoms with Gasteiger partial charge in [-0.25, -0.2) is 9.78 Å². The number of aliphatic hydroxyl groups excluding tert-OH is 2. The number of carboxylic acids is 1. The molecule has 1 aromatic heterocycles. The Balaban J connectivity index is 1.63. The lowest BCUT2D eigenvalue weighted by molar-refractivity contribution is -0.142. The fourth-order valence-corrected chi connectivity index (χ4v) is 5.83. The number of carbonyl (C=O) groups excluding carboxylic acids is 6. The maximum atomic E-state index is 13.5. The van der Waals surface area contributed by atoms with Crippen molar-refractivity contribution in [3.05, 3.63) is 90.0 Å². The smallest absolute Gasteiger partial charge is 0.326 e. The van der Waals surface area contributed by atoms with Crippen LogP contribution in [0.25, 0.3) is 0 Å². The standard InChI is InChI=1S/C37H49N9O10S/c1-57-13-12-26(34(52)44-28(37(55)56)16-24-17-39-21-41-24)42-31(49)18-40-33(51)27(15-23-10-6-3-7-11-23)43-35(53)30(20-48)46-36(54)29(19-47)45-32(50)25(38)14-22-8-4-2-5-9-22/h2-11,17,21,25-30,47-48H,12-16,18-20,38H2,1H3,(H,39,41)(H,40,51)(H,42,49)(H,43,53)(H,44,52)(H,45,50)(H,46,54)(H,55,56)/t25-,26-,27-,28-,29-,30-/m0/s1. The molecule has 0 saturated heterocycles. The number of aromatic amines is 1. The number of carbonyl (C=O) groups is 7. The maximum Gasteiger partial charge on any atom is 0.326 e. The number of aromatic nitrogens is 2. The molecule has 0 fully saturated rings. The zero-order valence-electron chi connectivity index (χ0n) is 31.2. The maximum absolute atomic E-state index is 13.5. The first kappa shape index (κ1) is 45.6. The highest BCUT2D eigenvalue weighted by molar-refractivity contribution is 7.98. The number of aliphatic carboxylic acids is 1. The molecule has 12 N–H and O–H groups in total. The molecule has 3 rings (SSSR count). The van der Waals surface area contributed by atoms with Gasteiger partial charge >= 0.3 is 5.97 Å². The Labute approximate surface area is 332 Å². The van der Waals surface area contributed by atoms with Gasteiger partial charge in [0.2, 0.25) is 35.4 Å². The summed E-state index contributed by atoms with van der Waals surface area (Å²) in [4.78, 5) is 97.1. The Morgan fingerprint density at radius 3 is 1.74 bits per heavy atom. The summed E-state index contributed by atoms with van der Waals surface area (Å²) in [6, 6.07) is 9.37. The van der Waals surface area contributed by atoms with Gasteiger partial charge in [0.1, 0.15) is 30.2 Å². The van der Waals surface area contributed by atoms with Crippen LogP contribution in [0, 0.1) is 0 Å². The van der Waals surface area contributed by atoms with Crippen molar-refractivity contribution in [1.82, 2.24) is 41.9 Å². The molecule has 19 nitrogen and oxygen atoms in total. The summed E-state index contributed by atoms with van der Waals surface area (Å²) in [6.07, 6.45) is 4.71. The molecule has 20 heteroatoms. The second-order valence-corrected chi connectivity index (χ2v) is 13.8. The average molecular weight is 812 g/mol. The van der Waals surface area contributed by atoms with Crippen molar-refractivity contribution in [2.24, 2.45) is 5.73 Å². The highest BCUT2D eigenvalue weighted by atomic mass is 32.2. The number of rotatable bonds is 24. The topological polar surface area (TPSA) is 307 Å². The van der Waals surface area contributed by atoms with E-state index in [0.717, 1.165) is 5.56 Å². The Morgan fingerprint density at radius 1 is 0.684 bits per heavy atom. The number of amides is 6. The predicted molar refractivity (Wildman–Crippen MR) is 208 cm³/mol. The van der Waals surface area contributed by atoms with Crippen molar-refractivity contribution < 1.29 is 48.9 Å². The number of H-pyrrole nitrogens is 1. The fourth-order valence-electron chi connectivity index (χ4n) is 5.36. The number of thioether (sulfide) groups is 1. The Hall–Kier alpha value is -5.83. The van der Waals surface area contributed by atoms with Crippen LogP contribution in [0.1, 0.15) is 23.2 Å². The number of imidazole rings is 1. The molecular weight excluding hydrogens is 763 g/mol. The number of nitrogens with one attached hydrogen (secondary N) is 7. The molecule has 0 spiro atoms. The van der Waals surface area contributed by atoms with Crippen LogP contribution in [-0.4, -0.2) is 135 Å². The van der Waals surface area contributed by atoms with Gasteiger partial charge in [-0.05, 0) is 36.0 Å². The Bertz CT molecular complexity index is 1770. The van der Waals surface area contributed by atoms with Crippen LogP contribution in [0.5, 0.6) is 0 Å². The molecule has 0 bridgehead atoms. The zero-order chi connectivity index (χ0) is 41.7. The lowest BCUT2D eigenvalue weighted by Crippen LogP contribution is -2.60. The van der Waals surface area contributed by atoms with Crippen molar-refractivity contribution >= 4 is 53.2 Å². The fraction of sp³-hybridized carbons (Fsp3) is 0.405. The average Bonchev–Trinajstić information content (AvgIpc) is 3.72. The van der Waals surface area contributed by atoms with Gasteiger partial charge in [-0.1, -0.05) is 60.7 Å². The van der Waals surface area contributed by atoms with E-state index in [2.05, 4.69) is 41.9 Å². The van der Waals surface area contributed by atoms with Gasteiger partial charge in [0.05, 0.1) is 32.1 Å². The molecule has 0 unspecified atom stereocenters. The molecule has 0 aliphatic rings. The first-order chi connectivity index (χ1) is 27.3. The van der Waals surface area contributed by atoms with Gasteiger partial charge < -0.3 is 57.9 Å². The van der Waals surface area contributed by atoms with E-state index < -0.39 is 97.4 Å². The normalized spacial score (nSPS) is 14.0. The van der Waals surface area contributed by atoms with E-state index in [4.69, 9.17) is 5.73 Å². The lowest BCUT2D eigenvalue weighted by atomic mass is 10.0. The number of nitrogens with two attached hydrogens (primary N) is 1. The van der Waals surface area contributed by atoms with Crippen molar-refractivity contribution in [3.8, 4) is 0 Å². The van der Waals surface area contributed by atoms with E-state index in [1.54, 1.807) is 66.9 Å². The first-order valence-electron chi connectivity index (χ1n) is 17.9. The van der Waals surface area contributed by atoms with Crippen molar-refractivity contribution in [2.45, 2.75) is 61.9 Å². The van der Waals surface area contributed by atoms with Crippen LogP contribution in [-0.2, 0) is 52.8 Å². The monoisotopic (exact) mass is 811 g/mol.